The predicted octanol–water partition coefficient (Wildman–Crippen LogP) is 3.94. The van der Waals surface area contributed by atoms with Crippen LogP contribution in [-0.2, 0) is 0 Å². The summed E-state index contributed by atoms with van der Waals surface area (Å²) in [6, 6.07) is 20.6. The predicted molar refractivity (Wildman–Crippen MR) is 91.4 cm³/mol. The second-order valence-corrected chi connectivity index (χ2v) is 5.19. The van der Waals surface area contributed by atoms with Gasteiger partial charge in [0.2, 0.25) is 0 Å². The zero-order valence-corrected chi connectivity index (χ0v) is 13.0. The molecule has 0 aliphatic carbocycles. The smallest absolute Gasteiger partial charge is 0.161 e. The van der Waals surface area contributed by atoms with Gasteiger partial charge < -0.3 is 5.32 Å². The van der Waals surface area contributed by atoms with Crippen LogP contribution in [-0.4, -0.2) is 9.97 Å². The molecule has 0 unspecified atom stereocenters. The molecule has 3 rings (SSSR count). The molecule has 0 fully saturated rings. The number of hydrogen-bond acceptors (Lipinski definition) is 5. The van der Waals surface area contributed by atoms with Gasteiger partial charge in [-0.05, 0) is 25.1 Å². The molecule has 0 atom stereocenters. The van der Waals surface area contributed by atoms with Crippen molar-refractivity contribution in [2.75, 3.05) is 5.32 Å². The van der Waals surface area contributed by atoms with Crippen LogP contribution in [0.15, 0.2) is 54.6 Å². The van der Waals surface area contributed by atoms with Gasteiger partial charge in [0.15, 0.2) is 5.82 Å². The third kappa shape index (κ3) is 3.21. The zero-order chi connectivity index (χ0) is 16.9. The minimum atomic E-state index is 0.330. The highest BCUT2D eigenvalue weighted by Gasteiger charge is 2.07. The Balaban J connectivity index is 1.96. The summed E-state index contributed by atoms with van der Waals surface area (Å²) in [6.07, 6.45) is 0. The number of nitriles is 2. The number of aryl methyl sites for hydroxylation is 1. The summed E-state index contributed by atoms with van der Waals surface area (Å²) < 4.78 is 0. The molecule has 1 N–H and O–H groups in total. The van der Waals surface area contributed by atoms with Gasteiger partial charge in [-0.1, -0.05) is 30.3 Å². The van der Waals surface area contributed by atoms with E-state index in [2.05, 4.69) is 15.3 Å². The highest BCUT2D eigenvalue weighted by Crippen LogP contribution is 2.22. The molecule has 0 aliphatic heterocycles. The zero-order valence-electron chi connectivity index (χ0n) is 13.0. The molecule has 114 valence electrons. The van der Waals surface area contributed by atoms with Crippen LogP contribution in [0.3, 0.4) is 0 Å². The number of aromatic nitrogens is 2. The molecule has 5 heteroatoms. The molecular formula is C19H13N5. The van der Waals surface area contributed by atoms with E-state index in [4.69, 9.17) is 10.5 Å². The van der Waals surface area contributed by atoms with Crippen molar-refractivity contribution in [2.45, 2.75) is 6.92 Å². The Bertz CT molecular complexity index is 965. The number of anilines is 2. The first kappa shape index (κ1) is 15.2. The molecule has 0 spiro atoms. The van der Waals surface area contributed by atoms with Crippen LogP contribution in [0, 0.1) is 29.6 Å². The maximum absolute atomic E-state index is 9.12. The lowest BCUT2D eigenvalue weighted by molar-refractivity contribution is 1.11. The molecule has 0 saturated carbocycles. The number of nitrogens with zero attached hydrogens (tertiary/aromatic N) is 4. The Labute approximate surface area is 139 Å². The Morgan fingerprint density at radius 1 is 0.875 bits per heavy atom. The van der Waals surface area contributed by atoms with Crippen LogP contribution in [0.5, 0.6) is 0 Å². The first-order valence-corrected chi connectivity index (χ1v) is 7.32. The quantitative estimate of drug-likeness (QED) is 0.791. The van der Waals surface area contributed by atoms with Crippen molar-refractivity contribution in [2.24, 2.45) is 0 Å². The lowest BCUT2D eigenvalue weighted by Crippen LogP contribution is -1.99. The van der Waals surface area contributed by atoms with E-state index in [1.807, 2.05) is 55.5 Å². The minimum Gasteiger partial charge on any atom is -0.340 e. The average molecular weight is 311 g/mol. The lowest BCUT2D eigenvalue weighted by atomic mass is 10.1. The third-order valence-electron chi connectivity index (χ3n) is 3.42. The van der Waals surface area contributed by atoms with E-state index in [0.717, 1.165) is 11.3 Å². The van der Waals surface area contributed by atoms with Crippen molar-refractivity contribution >= 4 is 11.5 Å². The normalized spacial score (nSPS) is 9.79. The molecule has 24 heavy (non-hydrogen) atoms. The van der Waals surface area contributed by atoms with Crippen LogP contribution in [0.25, 0.3) is 11.4 Å². The van der Waals surface area contributed by atoms with Crippen LogP contribution < -0.4 is 5.32 Å². The molecule has 0 saturated heterocycles. The van der Waals surface area contributed by atoms with Gasteiger partial charge in [-0.3, -0.25) is 0 Å². The molecule has 1 heterocycles. The van der Waals surface area contributed by atoms with Crippen molar-refractivity contribution in [1.29, 1.82) is 10.5 Å². The Morgan fingerprint density at radius 3 is 2.33 bits per heavy atom. The summed E-state index contributed by atoms with van der Waals surface area (Å²) in [5.74, 6) is 1.27. The fraction of sp³-hybridized carbons (Fsp3) is 0.0526. The maximum Gasteiger partial charge on any atom is 0.161 e. The summed E-state index contributed by atoms with van der Waals surface area (Å²) in [5.41, 5.74) is 3.15. The number of hydrogen-bond donors (Lipinski definition) is 1. The van der Waals surface area contributed by atoms with Crippen molar-refractivity contribution in [1.82, 2.24) is 9.97 Å². The van der Waals surface area contributed by atoms with E-state index in [0.29, 0.717) is 28.5 Å². The van der Waals surface area contributed by atoms with Crippen LogP contribution in [0.1, 0.15) is 16.8 Å². The molecule has 0 amide bonds. The van der Waals surface area contributed by atoms with Gasteiger partial charge in [0.05, 0.1) is 11.1 Å². The van der Waals surface area contributed by atoms with E-state index in [-0.39, 0.29) is 0 Å². The van der Waals surface area contributed by atoms with Gasteiger partial charge in [0.1, 0.15) is 18.0 Å². The summed E-state index contributed by atoms with van der Waals surface area (Å²) in [7, 11) is 0. The van der Waals surface area contributed by atoms with Crippen molar-refractivity contribution in [3.05, 3.63) is 71.4 Å². The van der Waals surface area contributed by atoms with Gasteiger partial charge in [-0.25, -0.2) is 9.97 Å². The molecule has 1 aromatic heterocycles. The average Bonchev–Trinajstić information content (AvgIpc) is 2.62. The molecule has 2 aromatic carbocycles. The Hall–Kier alpha value is -3.70. The van der Waals surface area contributed by atoms with Gasteiger partial charge in [-0.2, -0.15) is 10.5 Å². The van der Waals surface area contributed by atoms with Crippen LogP contribution >= 0.6 is 0 Å². The van der Waals surface area contributed by atoms with Crippen LogP contribution in [0.2, 0.25) is 0 Å². The first-order chi connectivity index (χ1) is 11.7. The Kier molecular flexibility index (Phi) is 4.18. The van der Waals surface area contributed by atoms with Crippen molar-refractivity contribution < 1.29 is 0 Å². The lowest BCUT2D eigenvalue weighted by Gasteiger charge is -2.09. The fourth-order valence-corrected chi connectivity index (χ4v) is 2.31. The molecular weight excluding hydrogens is 298 g/mol. The second-order valence-electron chi connectivity index (χ2n) is 5.19. The SMILES string of the molecule is Cc1cc(Nc2ccc(C#N)c(C#N)c2)nc(-c2ccccc2)n1. The largest absolute Gasteiger partial charge is 0.340 e. The first-order valence-electron chi connectivity index (χ1n) is 7.32. The van der Waals surface area contributed by atoms with Crippen molar-refractivity contribution in [3.63, 3.8) is 0 Å². The number of benzene rings is 2. The standard InChI is InChI=1S/C19H13N5/c1-13-9-18(24-19(22-13)14-5-3-2-4-6-14)23-17-8-7-15(11-20)16(10-17)12-21/h2-10H,1H3,(H,22,23,24). The highest BCUT2D eigenvalue weighted by molar-refractivity contribution is 5.64. The summed E-state index contributed by atoms with van der Waals surface area (Å²) in [5, 5.41) is 21.3. The van der Waals surface area contributed by atoms with E-state index in [1.54, 1.807) is 18.2 Å². The van der Waals surface area contributed by atoms with E-state index in [1.165, 1.54) is 0 Å². The second kappa shape index (κ2) is 6.60. The molecule has 0 radical (unpaired) electrons. The Morgan fingerprint density at radius 2 is 1.62 bits per heavy atom. The van der Waals surface area contributed by atoms with E-state index < -0.39 is 0 Å². The van der Waals surface area contributed by atoms with Crippen LogP contribution in [0.4, 0.5) is 11.5 Å². The number of nitrogens with one attached hydrogen (secondary N) is 1. The molecule has 0 bridgehead atoms. The van der Waals surface area contributed by atoms with Gasteiger partial charge in [-0.15, -0.1) is 0 Å². The minimum absolute atomic E-state index is 0.330. The molecule has 0 aliphatic rings. The van der Waals surface area contributed by atoms with Gasteiger partial charge >= 0.3 is 0 Å². The number of rotatable bonds is 3. The topological polar surface area (TPSA) is 85.4 Å². The summed E-state index contributed by atoms with van der Waals surface area (Å²) in [6.45, 7) is 1.90. The van der Waals surface area contributed by atoms with E-state index >= 15 is 0 Å². The monoisotopic (exact) mass is 311 g/mol. The molecule has 3 aromatic rings. The van der Waals surface area contributed by atoms with Crippen molar-refractivity contribution in [3.8, 4) is 23.5 Å². The summed E-state index contributed by atoms with van der Waals surface area (Å²) >= 11 is 0. The highest BCUT2D eigenvalue weighted by atomic mass is 15.0. The molecule has 5 nitrogen and oxygen atoms in total. The maximum atomic E-state index is 9.12. The summed E-state index contributed by atoms with van der Waals surface area (Å²) in [4.78, 5) is 8.99. The van der Waals surface area contributed by atoms with Gasteiger partial charge in [0.25, 0.3) is 0 Å². The fourth-order valence-electron chi connectivity index (χ4n) is 2.31. The van der Waals surface area contributed by atoms with E-state index in [9.17, 15) is 0 Å². The third-order valence-corrected chi connectivity index (χ3v) is 3.42. The van der Waals surface area contributed by atoms with Gasteiger partial charge in [0, 0.05) is 23.0 Å².